The minimum absolute atomic E-state index is 0.0180. The average molecular weight is 256 g/mol. The lowest BCUT2D eigenvalue weighted by atomic mass is 9.95. The van der Waals surface area contributed by atoms with E-state index in [0.717, 1.165) is 5.56 Å². The van der Waals surface area contributed by atoms with E-state index in [-0.39, 0.29) is 11.3 Å². The minimum Gasteiger partial charge on any atom is -0.495 e. The fraction of sp³-hybridized carbons (Fsp3) is 0.462. The Kier molecular flexibility index (Phi) is 4.40. The molecule has 0 radical (unpaired) electrons. The van der Waals surface area contributed by atoms with Crippen LogP contribution >= 0.6 is 11.6 Å². The van der Waals surface area contributed by atoms with Gasteiger partial charge in [-0.3, -0.25) is 4.79 Å². The van der Waals surface area contributed by atoms with Crippen molar-refractivity contribution in [2.24, 2.45) is 5.41 Å². The van der Waals surface area contributed by atoms with Crippen molar-refractivity contribution in [3.63, 3.8) is 0 Å². The van der Waals surface area contributed by atoms with Crippen LogP contribution in [0.15, 0.2) is 18.2 Å². The quantitative estimate of drug-likeness (QED) is 0.902. The minimum atomic E-state index is -0.379. The molecule has 1 aromatic carbocycles. The van der Waals surface area contributed by atoms with Crippen molar-refractivity contribution in [3.8, 4) is 5.75 Å². The van der Waals surface area contributed by atoms with E-state index in [1.165, 1.54) is 0 Å². The van der Waals surface area contributed by atoms with Gasteiger partial charge in [-0.05, 0) is 17.7 Å². The highest BCUT2D eigenvalue weighted by atomic mass is 35.5. The van der Waals surface area contributed by atoms with Crippen molar-refractivity contribution in [1.29, 1.82) is 0 Å². The zero-order valence-corrected chi connectivity index (χ0v) is 11.4. The summed E-state index contributed by atoms with van der Waals surface area (Å²) in [5, 5.41) is 3.42. The third kappa shape index (κ3) is 3.93. The standard InChI is InChI=1S/C13H18ClNO2/c1-13(2,3)12(16)15-8-9-5-6-11(17-4)10(14)7-9/h5-7H,8H2,1-4H3,(H,15,16). The Balaban J connectivity index is 2.65. The Morgan fingerprint density at radius 2 is 2.06 bits per heavy atom. The maximum absolute atomic E-state index is 11.7. The van der Waals surface area contributed by atoms with E-state index in [1.807, 2.05) is 26.8 Å². The van der Waals surface area contributed by atoms with Crippen LogP contribution in [-0.2, 0) is 11.3 Å². The molecule has 1 aromatic rings. The first-order valence-corrected chi connectivity index (χ1v) is 5.83. The highest BCUT2D eigenvalue weighted by Gasteiger charge is 2.20. The van der Waals surface area contributed by atoms with Crippen molar-refractivity contribution < 1.29 is 9.53 Å². The molecule has 1 amide bonds. The molecule has 0 unspecified atom stereocenters. The van der Waals surface area contributed by atoms with Crippen LogP contribution in [0.25, 0.3) is 0 Å². The predicted octanol–water partition coefficient (Wildman–Crippen LogP) is 3.01. The van der Waals surface area contributed by atoms with Crippen LogP contribution in [0.3, 0.4) is 0 Å². The Morgan fingerprint density at radius 3 is 2.53 bits per heavy atom. The summed E-state index contributed by atoms with van der Waals surface area (Å²) in [4.78, 5) is 11.7. The van der Waals surface area contributed by atoms with Gasteiger partial charge in [-0.15, -0.1) is 0 Å². The molecule has 0 aliphatic carbocycles. The third-order valence-electron chi connectivity index (χ3n) is 2.35. The fourth-order valence-corrected chi connectivity index (χ4v) is 1.55. The molecule has 0 spiro atoms. The smallest absolute Gasteiger partial charge is 0.225 e. The van der Waals surface area contributed by atoms with E-state index in [4.69, 9.17) is 16.3 Å². The summed E-state index contributed by atoms with van der Waals surface area (Å²) < 4.78 is 5.06. The lowest BCUT2D eigenvalue weighted by molar-refractivity contribution is -0.128. The van der Waals surface area contributed by atoms with Gasteiger partial charge in [0.25, 0.3) is 0 Å². The summed E-state index contributed by atoms with van der Waals surface area (Å²) >= 11 is 6.00. The molecule has 0 saturated carbocycles. The van der Waals surface area contributed by atoms with Crippen molar-refractivity contribution >= 4 is 17.5 Å². The number of hydrogen-bond acceptors (Lipinski definition) is 2. The van der Waals surface area contributed by atoms with Gasteiger partial charge in [0.15, 0.2) is 0 Å². The monoisotopic (exact) mass is 255 g/mol. The highest BCUT2D eigenvalue weighted by molar-refractivity contribution is 6.32. The summed E-state index contributed by atoms with van der Waals surface area (Å²) in [6, 6.07) is 5.47. The summed E-state index contributed by atoms with van der Waals surface area (Å²) in [5.74, 6) is 0.655. The molecule has 1 N–H and O–H groups in total. The second kappa shape index (κ2) is 5.41. The van der Waals surface area contributed by atoms with Crippen LogP contribution in [0.2, 0.25) is 5.02 Å². The van der Waals surface area contributed by atoms with Crippen LogP contribution in [0.5, 0.6) is 5.75 Å². The highest BCUT2D eigenvalue weighted by Crippen LogP contribution is 2.25. The van der Waals surface area contributed by atoms with Crippen molar-refractivity contribution in [2.45, 2.75) is 27.3 Å². The van der Waals surface area contributed by atoms with Crippen LogP contribution < -0.4 is 10.1 Å². The van der Waals surface area contributed by atoms with E-state index < -0.39 is 0 Å². The molecular formula is C13H18ClNO2. The van der Waals surface area contributed by atoms with Gasteiger partial charge >= 0.3 is 0 Å². The maximum atomic E-state index is 11.7. The zero-order chi connectivity index (χ0) is 13.1. The van der Waals surface area contributed by atoms with Gasteiger partial charge in [0.05, 0.1) is 12.1 Å². The Hall–Kier alpha value is -1.22. The molecule has 0 heterocycles. The molecule has 0 aliphatic rings. The zero-order valence-electron chi connectivity index (χ0n) is 10.6. The summed E-state index contributed by atoms with van der Waals surface area (Å²) in [7, 11) is 1.57. The van der Waals surface area contributed by atoms with Gasteiger partial charge in [-0.25, -0.2) is 0 Å². The van der Waals surface area contributed by atoms with Crippen LogP contribution in [-0.4, -0.2) is 13.0 Å². The van der Waals surface area contributed by atoms with Crippen molar-refractivity contribution in [2.75, 3.05) is 7.11 Å². The first-order valence-electron chi connectivity index (χ1n) is 5.45. The second-order valence-electron chi connectivity index (χ2n) is 4.90. The lowest BCUT2D eigenvalue weighted by Gasteiger charge is -2.17. The van der Waals surface area contributed by atoms with E-state index >= 15 is 0 Å². The SMILES string of the molecule is COc1ccc(CNC(=O)C(C)(C)C)cc1Cl. The maximum Gasteiger partial charge on any atom is 0.225 e. The molecule has 0 atom stereocenters. The molecule has 4 heteroatoms. The van der Waals surface area contributed by atoms with Gasteiger partial charge in [-0.1, -0.05) is 38.4 Å². The Labute approximate surface area is 107 Å². The van der Waals surface area contributed by atoms with Crippen molar-refractivity contribution in [1.82, 2.24) is 5.32 Å². The van der Waals surface area contributed by atoms with Crippen LogP contribution in [0.4, 0.5) is 0 Å². The van der Waals surface area contributed by atoms with Gasteiger partial charge < -0.3 is 10.1 Å². The van der Waals surface area contributed by atoms with E-state index in [1.54, 1.807) is 19.2 Å². The first kappa shape index (κ1) is 13.8. The molecule has 0 saturated heterocycles. The number of methoxy groups -OCH3 is 1. The Morgan fingerprint density at radius 1 is 1.41 bits per heavy atom. The van der Waals surface area contributed by atoms with E-state index in [0.29, 0.717) is 17.3 Å². The largest absolute Gasteiger partial charge is 0.495 e. The fourth-order valence-electron chi connectivity index (χ4n) is 1.27. The van der Waals surface area contributed by atoms with Gasteiger partial charge in [-0.2, -0.15) is 0 Å². The Bertz CT molecular complexity index is 410. The van der Waals surface area contributed by atoms with Crippen LogP contribution in [0.1, 0.15) is 26.3 Å². The number of nitrogens with one attached hydrogen (secondary N) is 1. The molecule has 0 aliphatic heterocycles. The number of rotatable bonds is 3. The number of ether oxygens (including phenoxy) is 1. The molecule has 3 nitrogen and oxygen atoms in total. The summed E-state index contributed by atoms with van der Waals surface area (Å²) in [6.45, 7) is 6.11. The molecular weight excluding hydrogens is 238 g/mol. The number of amides is 1. The molecule has 0 fully saturated rings. The van der Waals surface area contributed by atoms with E-state index in [9.17, 15) is 4.79 Å². The van der Waals surface area contributed by atoms with Gasteiger partial charge in [0.1, 0.15) is 5.75 Å². The topological polar surface area (TPSA) is 38.3 Å². The van der Waals surface area contributed by atoms with E-state index in [2.05, 4.69) is 5.32 Å². The number of halogens is 1. The second-order valence-corrected chi connectivity index (χ2v) is 5.31. The van der Waals surface area contributed by atoms with Gasteiger partial charge in [0, 0.05) is 12.0 Å². The molecule has 0 bridgehead atoms. The number of carbonyl (C=O) groups excluding carboxylic acids is 1. The predicted molar refractivity (Wildman–Crippen MR) is 69.3 cm³/mol. The van der Waals surface area contributed by atoms with Gasteiger partial charge in [0.2, 0.25) is 5.91 Å². The number of carbonyl (C=O) groups is 1. The first-order chi connectivity index (χ1) is 7.84. The lowest BCUT2D eigenvalue weighted by Crippen LogP contribution is -2.34. The number of hydrogen-bond donors (Lipinski definition) is 1. The summed E-state index contributed by atoms with van der Waals surface area (Å²) in [5.41, 5.74) is 0.574. The molecule has 94 valence electrons. The normalized spacial score (nSPS) is 11.1. The number of benzene rings is 1. The average Bonchev–Trinajstić information content (AvgIpc) is 2.24. The molecule has 1 rings (SSSR count). The molecule has 0 aromatic heterocycles. The third-order valence-corrected chi connectivity index (χ3v) is 2.65. The summed E-state index contributed by atoms with van der Waals surface area (Å²) in [6.07, 6.45) is 0. The molecule has 17 heavy (non-hydrogen) atoms. The van der Waals surface area contributed by atoms with Crippen LogP contribution in [0, 0.1) is 5.41 Å². The van der Waals surface area contributed by atoms with Crippen molar-refractivity contribution in [3.05, 3.63) is 28.8 Å².